The van der Waals surface area contributed by atoms with Crippen molar-refractivity contribution in [3.63, 3.8) is 0 Å². The number of hydrogen-bond acceptors (Lipinski definition) is 3. The lowest BCUT2D eigenvalue weighted by Crippen LogP contribution is -2.37. The van der Waals surface area contributed by atoms with Crippen LogP contribution in [-0.2, 0) is 6.54 Å². The zero-order valence-electron chi connectivity index (χ0n) is 14.2. The van der Waals surface area contributed by atoms with Crippen molar-refractivity contribution in [2.24, 2.45) is 0 Å². The molecule has 2 aromatic rings. The minimum Gasteiger partial charge on any atom is -0.386 e. The molecule has 0 heterocycles. The van der Waals surface area contributed by atoms with E-state index in [0.29, 0.717) is 16.1 Å². The molecular weight excluding hydrogens is 324 g/mol. The molecule has 0 aliphatic carbocycles. The smallest absolute Gasteiger partial charge is 0.251 e. The number of carbonyl (C=O) groups is 1. The number of halogens is 1. The van der Waals surface area contributed by atoms with E-state index in [1.165, 1.54) is 0 Å². The summed E-state index contributed by atoms with van der Waals surface area (Å²) in [6, 6.07) is 14.0. The highest BCUT2D eigenvalue weighted by molar-refractivity contribution is 6.30. The van der Waals surface area contributed by atoms with Crippen molar-refractivity contribution in [2.45, 2.75) is 25.6 Å². The van der Waals surface area contributed by atoms with Gasteiger partial charge in [0.05, 0.1) is 12.1 Å². The second-order valence-electron chi connectivity index (χ2n) is 6.20. The van der Waals surface area contributed by atoms with E-state index in [-0.39, 0.29) is 5.91 Å². The van der Waals surface area contributed by atoms with Crippen LogP contribution in [0.1, 0.15) is 34.5 Å². The van der Waals surface area contributed by atoms with Gasteiger partial charge in [-0.25, -0.2) is 0 Å². The molecule has 2 N–H and O–H groups in total. The normalized spacial score (nSPS) is 13.6. The average Bonchev–Trinajstić information content (AvgIpc) is 2.54. The second kappa shape index (κ2) is 8.29. The summed E-state index contributed by atoms with van der Waals surface area (Å²) in [4.78, 5) is 14.5. The van der Waals surface area contributed by atoms with Crippen LogP contribution in [0.5, 0.6) is 0 Å². The average molecular weight is 347 g/mol. The molecule has 4 nitrogen and oxygen atoms in total. The van der Waals surface area contributed by atoms with Gasteiger partial charge in [0, 0.05) is 17.1 Å². The third-order valence-corrected chi connectivity index (χ3v) is 3.98. The Labute approximate surface area is 148 Å². The number of amides is 1. The zero-order chi connectivity index (χ0) is 17.7. The molecule has 0 aliphatic rings. The van der Waals surface area contributed by atoms with Gasteiger partial charge in [-0.3, -0.25) is 4.79 Å². The summed E-state index contributed by atoms with van der Waals surface area (Å²) in [5.74, 6) is -0.198. The molecule has 0 aliphatic heterocycles. The topological polar surface area (TPSA) is 52.6 Å². The number of benzene rings is 2. The van der Waals surface area contributed by atoms with Gasteiger partial charge in [-0.05, 0) is 56.4 Å². The summed E-state index contributed by atoms with van der Waals surface area (Å²) in [7, 11) is 3.97. The lowest BCUT2D eigenvalue weighted by Gasteiger charge is -2.21. The minimum atomic E-state index is -0.795. The van der Waals surface area contributed by atoms with Gasteiger partial charge in [-0.15, -0.1) is 0 Å². The predicted octanol–water partition coefficient (Wildman–Crippen LogP) is 3.25. The van der Waals surface area contributed by atoms with Crippen LogP contribution in [0.4, 0.5) is 0 Å². The molecule has 0 spiro atoms. The first kappa shape index (κ1) is 18.5. The molecule has 2 rings (SSSR count). The Balaban J connectivity index is 2.04. The van der Waals surface area contributed by atoms with Crippen molar-refractivity contribution in [1.82, 2.24) is 10.2 Å². The fourth-order valence-electron chi connectivity index (χ4n) is 2.49. The molecule has 2 unspecified atom stereocenters. The van der Waals surface area contributed by atoms with Crippen molar-refractivity contribution in [3.8, 4) is 0 Å². The maximum absolute atomic E-state index is 12.4. The molecule has 0 radical (unpaired) electrons. The van der Waals surface area contributed by atoms with Crippen molar-refractivity contribution >= 4 is 17.5 Å². The zero-order valence-corrected chi connectivity index (χ0v) is 14.9. The number of hydrogen-bond donors (Lipinski definition) is 2. The Morgan fingerprint density at radius 1 is 1.21 bits per heavy atom. The molecule has 0 fully saturated rings. The number of aliphatic hydroxyl groups is 1. The van der Waals surface area contributed by atoms with E-state index in [2.05, 4.69) is 5.32 Å². The highest BCUT2D eigenvalue weighted by atomic mass is 35.5. The van der Waals surface area contributed by atoms with E-state index in [1.807, 2.05) is 37.2 Å². The molecule has 0 aromatic heterocycles. The Bertz CT molecular complexity index is 686. The molecule has 0 saturated heterocycles. The lowest BCUT2D eigenvalue weighted by atomic mass is 10.0. The van der Waals surface area contributed by atoms with Crippen molar-refractivity contribution in [3.05, 3.63) is 70.2 Å². The maximum atomic E-state index is 12.4. The summed E-state index contributed by atoms with van der Waals surface area (Å²) < 4.78 is 0. The Morgan fingerprint density at radius 3 is 2.50 bits per heavy atom. The first-order chi connectivity index (χ1) is 11.4. The van der Waals surface area contributed by atoms with Gasteiger partial charge in [0.15, 0.2) is 0 Å². The van der Waals surface area contributed by atoms with Gasteiger partial charge in [-0.2, -0.15) is 0 Å². The van der Waals surface area contributed by atoms with Crippen molar-refractivity contribution in [1.29, 1.82) is 0 Å². The Kier molecular flexibility index (Phi) is 6.37. The third kappa shape index (κ3) is 5.06. The van der Waals surface area contributed by atoms with Gasteiger partial charge in [-0.1, -0.05) is 35.9 Å². The van der Waals surface area contributed by atoms with E-state index in [0.717, 1.165) is 12.1 Å². The summed E-state index contributed by atoms with van der Waals surface area (Å²) in [5, 5.41) is 13.9. The monoisotopic (exact) mass is 346 g/mol. The van der Waals surface area contributed by atoms with Crippen LogP contribution in [0.3, 0.4) is 0 Å². The fourth-order valence-corrected chi connectivity index (χ4v) is 2.62. The summed E-state index contributed by atoms with van der Waals surface area (Å²) in [5.41, 5.74) is 2.37. The number of nitrogens with one attached hydrogen (secondary N) is 1. The molecule has 1 amide bonds. The fraction of sp³-hybridized carbons (Fsp3) is 0.316. The van der Waals surface area contributed by atoms with Gasteiger partial charge in [0.1, 0.15) is 0 Å². The van der Waals surface area contributed by atoms with Crippen LogP contribution in [-0.4, -0.2) is 36.1 Å². The van der Waals surface area contributed by atoms with Gasteiger partial charge in [0.25, 0.3) is 5.91 Å². The number of aliphatic hydroxyl groups excluding tert-OH is 1. The van der Waals surface area contributed by atoms with Crippen LogP contribution in [0.25, 0.3) is 0 Å². The summed E-state index contributed by atoms with van der Waals surface area (Å²) >= 11 is 5.86. The first-order valence-corrected chi connectivity index (χ1v) is 8.22. The molecule has 0 saturated carbocycles. The number of rotatable bonds is 6. The summed E-state index contributed by atoms with van der Waals surface area (Å²) in [6.07, 6.45) is -0.795. The Hall–Kier alpha value is -1.88. The van der Waals surface area contributed by atoms with Crippen LogP contribution in [0.15, 0.2) is 48.5 Å². The minimum absolute atomic E-state index is 0.198. The van der Waals surface area contributed by atoms with E-state index >= 15 is 0 Å². The van der Waals surface area contributed by atoms with Crippen LogP contribution >= 0.6 is 11.6 Å². The number of nitrogens with zero attached hydrogens (tertiary/aromatic N) is 1. The lowest BCUT2D eigenvalue weighted by molar-refractivity contribution is 0.0852. The van der Waals surface area contributed by atoms with Gasteiger partial charge >= 0.3 is 0 Å². The molecule has 0 bridgehead atoms. The van der Waals surface area contributed by atoms with E-state index in [1.54, 1.807) is 37.3 Å². The predicted molar refractivity (Wildman–Crippen MR) is 97.2 cm³/mol. The summed E-state index contributed by atoms with van der Waals surface area (Å²) in [6.45, 7) is 2.55. The maximum Gasteiger partial charge on any atom is 0.251 e. The highest BCUT2D eigenvalue weighted by Gasteiger charge is 2.19. The van der Waals surface area contributed by atoms with Crippen molar-refractivity contribution in [2.75, 3.05) is 14.1 Å². The molecule has 5 heteroatoms. The Morgan fingerprint density at radius 2 is 1.88 bits per heavy atom. The molecule has 128 valence electrons. The van der Waals surface area contributed by atoms with Crippen LogP contribution in [0, 0.1) is 0 Å². The largest absolute Gasteiger partial charge is 0.386 e. The van der Waals surface area contributed by atoms with Crippen molar-refractivity contribution < 1.29 is 9.90 Å². The molecule has 24 heavy (non-hydrogen) atoms. The van der Waals surface area contributed by atoms with E-state index in [4.69, 9.17) is 11.6 Å². The highest BCUT2D eigenvalue weighted by Crippen LogP contribution is 2.19. The molecular formula is C19H23ClN2O2. The van der Waals surface area contributed by atoms with E-state index in [9.17, 15) is 9.90 Å². The van der Waals surface area contributed by atoms with E-state index < -0.39 is 12.1 Å². The van der Waals surface area contributed by atoms with Gasteiger partial charge in [0.2, 0.25) is 0 Å². The molecule has 2 aromatic carbocycles. The van der Waals surface area contributed by atoms with Crippen LogP contribution < -0.4 is 5.32 Å². The van der Waals surface area contributed by atoms with Crippen LogP contribution in [0.2, 0.25) is 5.02 Å². The number of carbonyl (C=O) groups excluding carboxylic acids is 1. The van der Waals surface area contributed by atoms with Gasteiger partial charge < -0.3 is 15.3 Å². The standard InChI is InChI=1S/C19H23ClN2O2/c1-13(18(23)15-7-9-17(20)10-8-15)21-19(24)16-6-4-5-14(11-16)12-22(2)3/h4-11,13,18,23H,12H2,1-3H3,(H,21,24). The quantitative estimate of drug-likeness (QED) is 0.844. The SMILES string of the molecule is CC(NC(=O)c1cccc(CN(C)C)c1)C(O)c1ccc(Cl)cc1. The third-order valence-electron chi connectivity index (χ3n) is 3.73. The molecule has 2 atom stereocenters. The second-order valence-corrected chi connectivity index (χ2v) is 6.63. The first-order valence-electron chi connectivity index (χ1n) is 7.85.